The van der Waals surface area contributed by atoms with Crippen molar-refractivity contribution in [3.8, 4) is 17.0 Å². The Morgan fingerprint density at radius 3 is 2.55 bits per heavy atom. The van der Waals surface area contributed by atoms with E-state index in [4.69, 9.17) is 5.73 Å². The van der Waals surface area contributed by atoms with Crippen LogP contribution in [0.3, 0.4) is 0 Å². The third kappa shape index (κ3) is 4.47. The summed E-state index contributed by atoms with van der Waals surface area (Å²) >= 11 is 0. The van der Waals surface area contributed by atoms with Crippen molar-refractivity contribution < 1.29 is 17.9 Å². The number of ether oxygens (including phenoxy) is 1. The minimum absolute atomic E-state index is 0.256. The maximum Gasteiger partial charge on any atom is 0.573 e. The Morgan fingerprint density at radius 2 is 1.95 bits per heavy atom. The van der Waals surface area contributed by atoms with Gasteiger partial charge in [-0.2, -0.15) is 5.10 Å². The third-order valence-electron chi connectivity index (χ3n) is 3.03. The molecule has 0 bridgehead atoms. The minimum atomic E-state index is -4.69. The highest BCUT2D eigenvalue weighted by Gasteiger charge is 2.31. The lowest BCUT2D eigenvalue weighted by atomic mass is 10.1. The van der Waals surface area contributed by atoms with Crippen LogP contribution in [0, 0.1) is 0 Å². The summed E-state index contributed by atoms with van der Waals surface area (Å²) in [7, 11) is 1.93. The van der Waals surface area contributed by atoms with Crippen molar-refractivity contribution in [1.82, 2.24) is 15.1 Å². The molecule has 0 unspecified atom stereocenters. The molecule has 0 aliphatic heterocycles. The molecular formula is C14H17F3N4O. The lowest BCUT2D eigenvalue weighted by molar-refractivity contribution is -0.274. The van der Waals surface area contributed by atoms with Gasteiger partial charge in [-0.1, -0.05) is 0 Å². The van der Waals surface area contributed by atoms with Gasteiger partial charge in [0.25, 0.3) is 0 Å². The van der Waals surface area contributed by atoms with Crippen LogP contribution in [0.25, 0.3) is 11.3 Å². The number of hydrogen-bond acceptors (Lipinski definition) is 4. The van der Waals surface area contributed by atoms with E-state index in [-0.39, 0.29) is 5.75 Å². The fourth-order valence-electron chi connectivity index (χ4n) is 2.09. The van der Waals surface area contributed by atoms with E-state index in [0.29, 0.717) is 24.3 Å². The summed E-state index contributed by atoms with van der Waals surface area (Å²) < 4.78 is 40.3. The molecule has 0 aliphatic rings. The first kappa shape index (κ1) is 16.3. The van der Waals surface area contributed by atoms with E-state index < -0.39 is 6.36 Å². The second-order valence-corrected chi connectivity index (χ2v) is 4.86. The molecule has 2 aromatic rings. The van der Waals surface area contributed by atoms with Gasteiger partial charge in [-0.25, -0.2) is 0 Å². The van der Waals surface area contributed by atoms with E-state index >= 15 is 0 Å². The van der Waals surface area contributed by atoms with Crippen LogP contribution in [0.2, 0.25) is 0 Å². The molecule has 0 aliphatic carbocycles. The lowest BCUT2D eigenvalue weighted by Gasteiger charge is -2.15. The number of likely N-dealkylation sites (N-methyl/N-ethyl adjacent to an activating group) is 1. The first-order chi connectivity index (χ1) is 10.4. The van der Waals surface area contributed by atoms with Crippen LogP contribution < -0.4 is 10.5 Å². The number of nitrogens with zero attached hydrogens (tertiary/aromatic N) is 2. The normalized spacial score (nSPS) is 11.9. The van der Waals surface area contributed by atoms with Gasteiger partial charge in [-0.3, -0.25) is 5.10 Å². The molecule has 3 N–H and O–H groups in total. The van der Waals surface area contributed by atoms with Crippen LogP contribution in [0.4, 0.5) is 13.2 Å². The predicted octanol–water partition coefficient (Wildman–Crippen LogP) is 2.37. The summed E-state index contributed by atoms with van der Waals surface area (Å²) in [6.07, 6.45) is -2.92. The molecule has 120 valence electrons. The molecule has 2 rings (SSSR count). The van der Waals surface area contributed by atoms with Gasteiger partial charge in [0.15, 0.2) is 0 Å². The second-order valence-electron chi connectivity index (χ2n) is 4.86. The Kier molecular flexibility index (Phi) is 5.04. The van der Waals surface area contributed by atoms with Gasteiger partial charge in [0.05, 0.1) is 5.69 Å². The summed E-state index contributed by atoms with van der Waals surface area (Å²) in [5.74, 6) is -0.256. The molecule has 0 atom stereocenters. The molecule has 0 radical (unpaired) electrons. The Bertz CT molecular complexity index is 595. The zero-order chi connectivity index (χ0) is 16.2. The Balaban J connectivity index is 2.14. The average Bonchev–Trinajstić information content (AvgIpc) is 2.86. The highest BCUT2D eigenvalue weighted by molar-refractivity contribution is 5.63. The van der Waals surface area contributed by atoms with E-state index in [1.165, 1.54) is 12.1 Å². The lowest BCUT2D eigenvalue weighted by Crippen LogP contribution is -2.25. The summed E-state index contributed by atoms with van der Waals surface area (Å²) in [5.41, 5.74) is 7.86. The number of nitrogens with one attached hydrogen (secondary N) is 1. The standard InChI is InChI=1S/C14H17F3N4O/c1-21(7-6-18)9-11-8-19-20-13(11)10-2-4-12(5-3-10)22-14(15,16)17/h2-5,8H,6-7,9,18H2,1H3,(H,19,20). The Hall–Kier alpha value is -2.06. The van der Waals surface area contributed by atoms with Gasteiger partial charge in [0.1, 0.15) is 5.75 Å². The number of aromatic amines is 1. The molecule has 22 heavy (non-hydrogen) atoms. The second kappa shape index (κ2) is 6.80. The molecule has 0 fully saturated rings. The topological polar surface area (TPSA) is 67.2 Å². The molecule has 8 heteroatoms. The highest BCUT2D eigenvalue weighted by atomic mass is 19.4. The van der Waals surface area contributed by atoms with E-state index in [0.717, 1.165) is 12.1 Å². The summed E-state index contributed by atoms with van der Waals surface area (Å²) in [6.45, 7) is 1.93. The number of alkyl halides is 3. The van der Waals surface area contributed by atoms with Crippen molar-refractivity contribution in [1.29, 1.82) is 0 Å². The van der Waals surface area contributed by atoms with Gasteiger partial charge in [0.2, 0.25) is 0 Å². The van der Waals surface area contributed by atoms with E-state index in [9.17, 15) is 13.2 Å². The van der Waals surface area contributed by atoms with Crippen LogP contribution in [-0.2, 0) is 6.54 Å². The number of hydrogen-bond donors (Lipinski definition) is 2. The van der Waals surface area contributed by atoms with Crippen molar-refractivity contribution >= 4 is 0 Å². The van der Waals surface area contributed by atoms with Crippen LogP contribution in [-0.4, -0.2) is 41.6 Å². The van der Waals surface area contributed by atoms with E-state index in [1.54, 1.807) is 18.3 Å². The number of halogens is 3. The van der Waals surface area contributed by atoms with Gasteiger partial charge >= 0.3 is 6.36 Å². The fraction of sp³-hybridized carbons (Fsp3) is 0.357. The fourth-order valence-corrected chi connectivity index (χ4v) is 2.09. The Labute approximate surface area is 125 Å². The van der Waals surface area contributed by atoms with Crippen molar-refractivity contribution in [2.24, 2.45) is 5.73 Å². The quantitative estimate of drug-likeness (QED) is 0.859. The largest absolute Gasteiger partial charge is 0.573 e. The maximum absolute atomic E-state index is 12.1. The number of nitrogens with two attached hydrogens (primary N) is 1. The molecule has 0 saturated heterocycles. The predicted molar refractivity (Wildman–Crippen MR) is 76.1 cm³/mol. The maximum atomic E-state index is 12.1. The molecule has 0 amide bonds. The third-order valence-corrected chi connectivity index (χ3v) is 3.03. The van der Waals surface area contributed by atoms with Gasteiger partial charge in [-0.15, -0.1) is 13.2 Å². The summed E-state index contributed by atoms with van der Waals surface area (Å²) in [5, 5.41) is 6.94. The van der Waals surface area contributed by atoms with Gasteiger partial charge in [0, 0.05) is 37.0 Å². The monoisotopic (exact) mass is 314 g/mol. The van der Waals surface area contributed by atoms with Crippen molar-refractivity contribution in [2.45, 2.75) is 12.9 Å². The number of rotatable bonds is 6. The van der Waals surface area contributed by atoms with Crippen molar-refractivity contribution in [2.75, 3.05) is 20.1 Å². The molecule has 1 aromatic heterocycles. The first-order valence-electron chi connectivity index (χ1n) is 6.66. The van der Waals surface area contributed by atoms with Crippen molar-refractivity contribution in [3.05, 3.63) is 36.0 Å². The molecular weight excluding hydrogens is 297 g/mol. The van der Waals surface area contributed by atoms with Crippen LogP contribution in [0.15, 0.2) is 30.5 Å². The van der Waals surface area contributed by atoms with Gasteiger partial charge < -0.3 is 15.4 Å². The van der Waals surface area contributed by atoms with E-state index in [1.807, 2.05) is 11.9 Å². The highest BCUT2D eigenvalue weighted by Crippen LogP contribution is 2.27. The van der Waals surface area contributed by atoms with E-state index in [2.05, 4.69) is 14.9 Å². The zero-order valence-electron chi connectivity index (χ0n) is 12.0. The smallest absolute Gasteiger partial charge is 0.406 e. The number of benzene rings is 1. The van der Waals surface area contributed by atoms with Crippen LogP contribution in [0.1, 0.15) is 5.56 Å². The number of H-pyrrole nitrogens is 1. The van der Waals surface area contributed by atoms with Crippen LogP contribution in [0.5, 0.6) is 5.75 Å². The van der Waals surface area contributed by atoms with Crippen molar-refractivity contribution in [3.63, 3.8) is 0 Å². The first-order valence-corrected chi connectivity index (χ1v) is 6.66. The summed E-state index contributed by atoms with van der Waals surface area (Å²) in [6, 6.07) is 5.63. The minimum Gasteiger partial charge on any atom is -0.406 e. The Morgan fingerprint density at radius 1 is 1.27 bits per heavy atom. The average molecular weight is 314 g/mol. The zero-order valence-corrected chi connectivity index (χ0v) is 12.0. The molecule has 1 aromatic carbocycles. The van der Waals surface area contributed by atoms with Crippen LogP contribution >= 0.6 is 0 Å². The number of aromatic nitrogens is 2. The SMILES string of the molecule is CN(CCN)Cc1c[nH]nc1-c1ccc(OC(F)(F)F)cc1. The molecule has 0 spiro atoms. The molecule has 0 saturated carbocycles. The molecule has 5 nitrogen and oxygen atoms in total. The summed E-state index contributed by atoms with van der Waals surface area (Å²) in [4.78, 5) is 2.04. The van der Waals surface area contributed by atoms with Gasteiger partial charge in [-0.05, 0) is 31.3 Å². The molecule has 1 heterocycles.